The van der Waals surface area contributed by atoms with Gasteiger partial charge in [0.1, 0.15) is 0 Å². The second-order valence-electron chi connectivity index (χ2n) is 3.74. The van der Waals surface area contributed by atoms with E-state index in [2.05, 4.69) is 10.6 Å². The fraction of sp³-hybridized carbons (Fsp3) is 0.455. The topological polar surface area (TPSA) is 33.3 Å². The number of hydrogen-bond acceptors (Lipinski definition) is 3. The van der Waals surface area contributed by atoms with Crippen molar-refractivity contribution < 1.29 is 4.74 Å². The van der Waals surface area contributed by atoms with Gasteiger partial charge in [0.2, 0.25) is 0 Å². The van der Waals surface area contributed by atoms with Crippen LogP contribution in [-0.4, -0.2) is 32.3 Å². The van der Waals surface area contributed by atoms with Gasteiger partial charge in [0.15, 0.2) is 0 Å². The van der Waals surface area contributed by atoms with Crippen molar-refractivity contribution in [2.24, 2.45) is 0 Å². The third-order valence-electron chi connectivity index (χ3n) is 2.40. The lowest BCUT2D eigenvalue weighted by atomic mass is 10.2. The van der Waals surface area contributed by atoms with Crippen LogP contribution in [0.15, 0.2) is 18.2 Å². The Morgan fingerprint density at radius 2 is 2.06 bits per heavy atom. The van der Waals surface area contributed by atoms with Crippen LogP contribution in [0.4, 0.5) is 5.69 Å². The Balaban J connectivity index is 1.88. The van der Waals surface area contributed by atoms with Crippen LogP contribution in [-0.2, 0) is 4.74 Å². The molecule has 0 aliphatic carbocycles. The zero-order valence-corrected chi connectivity index (χ0v) is 10.3. The van der Waals surface area contributed by atoms with Crippen LogP contribution in [0, 0.1) is 0 Å². The molecule has 16 heavy (non-hydrogen) atoms. The molecule has 1 aromatic rings. The predicted octanol–water partition coefficient (Wildman–Crippen LogP) is 2.39. The molecule has 1 unspecified atom stereocenters. The summed E-state index contributed by atoms with van der Waals surface area (Å²) in [7, 11) is 0. The number of nitrogens with one attached hydrogen (secondary N) is 2. The van der Waals surface area contributed by atoms with E-state index in [1.807, 2.05) is 12.1 Å². The number of hydrogen-bond donors (Lipinski definition) is 2. The number of morpholine rings is 1. The van der Waals surface area contributed by atoms with Crippen LogP contribution < -0.4 is 10.6 Å². The molecule has 88 valence electrons. The second-order valence-corrected chi connectivity index (χ2v) is 4.61. The fourth-order valence-corrected chi connectivity index (χ4v) is 2.16. The lowest BCUT2D eigenvalue weighted by Crippen LogP contribution is -2.42. The summed E-state index contributed by atoms with van der Waals surface area (Å²) in [5.41, 5.74) is 0.923. The summed E-state index contributed by atoms with van der Waals surface area (Å²) in [5.74, 6) is 0. The van der Waals surface area contributed by atoms with E-state index in [-0.39, 0.29) is 6.10 Å². The Bertz CT molecular complexity index is 334. The molecular weight excluding hydrogens is 247 g/mol. The SMILES string of the molecule is Clc1cc(Cl)cc(NCC2CNCCO2)c1. The number of ether oxygens (including phenoxy) is 1. The zero-order valence-electron chi connectivity index (χ0n) is 8.80. The van der Waals surface area contributed by atoms with Gasteiger partial charge >= 0.3 is 0 Å². The molecule has 1 saturated heterocycles. The van der Waals surface area contributed by atoms with E-state index < -0.39 is 0 Å². The van der Waals surface area contributed by atoms with E-state index in [1.54, 1.807) is 6.07 Å². The zero-order chi connectivity index (χ0) is 11.4. The summed E-state index contributed by atoms with van der Waals surface area (Å²) < 4.78 is 5.57. The van der Waals surface area contributed by atoms with Crippen LogP contribution >= 0.6 is 23.2 Å². The second kappa shape index (κ2) is 5.73. The summed E-state index contributed by atoms with van der Waals surface area (Å²) in [6.45, 7) is 3.33. The first-order valence-electron chi connectivity index (χ1n) is 5.26. The van der Waals surface area contributed by atoms with Gasteiger partial charge in [-0.1, -0.05) is 23.2 Å². The molecule has 1 aliphatic rings. The van der Waals surface area contributed by atoms with E-state index in [9.17, 15) is 0 Å². The average Bonchev–Trinajstić information content (AvgIpc) is 2.27. The van der Waals surface area contributed by atoms with Crippen molar-refractivity contribution in [2.45, 2.75) is 6.10 Å². The Hall–Kier alpha value is -0.480. The molecule has 1 heterocycles. The molecule has 2 rings (SSSR count). The maximum Gasteiger partial charge on any atom is 0.0872 e. The first-order valence-corrected chi connectivity index (χ1v) is 6.02. The van der Waals surface area contributed by atoms with Crippen LogP contribution in [0.2, 0.25) is 10.0 Å². The van der Waals surface area contributed by atoms with Crippen LogP contribution in [0.1, 0.15) is 0 Å². The minimum atomic E-state index is 0.200. The van der Waals surface area contributed by atoms with E-state index in [0.717, 1.165) is 31.9 Å². The third kappa shape index (κ3) is 3.52. The van der Waals surface area contributed by atoms with Gasteiger partial charge in [0.05, 0.1) is 12.7 Å². The largest absolute Gasteiger partial charge is 0.382 e. The maximum absolute atomic E-state index is 5.90. The summed E-state index contributed by atoms with van der Waals surface area (Å²) in [6, 6.07) is 5.42. The number of anilines is 1. The van der Waals surface area contributed by atoms with Crippen molar-refractivity contribution in [1.29, 1.82) is 0 Å². The maximum atomic E-state index is 5.90. The molecule has 0 aromatic heterocycles. The summed E-state index contributed by atoms with van der Waals surface area (Å²) in [4.78, 5) is 0. The van der Waals surface area contributed by atoms with Crippen LogP contribution in [0.25, 0.3) is 0 Å². The van der Waals surface area contributed by atoms with E-state index in [1.165, 1.54) is 0 Å². The molecule has 0 amide bonds. The standard InChI is InChI=1S/C11H14Cl2N2O/c12-8-3-9(13)5-10(4-8)15-7-11-6-14-1-2-16-11/h3-5,11,14-15H,1-2,6-7H2. The highest BCUT2D eigenvalue weighted by Crippen LogP contribution is 2.22. The summed E-state index contributed by atoms with van der Waals surface area (Å²) in [5, 5.41) is 7.81. The van der Waals surface area contributed by atoms with Crippen molar-refractivity contribution in [2.75, 3.05) is 31.6 Å². The molecular formula is C11H14Cl2N2O. The number of benzene rings is 1. The molecule has 1 fully saturated rings. The van der Waals surface area contributed by atoms with Gasteiger partial charge in [-0.3, -0.25) is 0 Å². The Morgan fingerprint density at radius 1 is 1.31 bits per heavy atom. The van der Waals surface area contributed by atoms with Gasteiger partial charge in [0.25, 0.3) is 0 Å². The van der Waals surface area contributed by atoms with Gasteiger partial charge in [0, 0.05) is 35.4 Å². The van der Waals surface area contributed by atoms with Gasteiger partial charge in [-0.2, -0.15) is 0 Å². The minimum Gasteiger partial charge on any atom is -0.382 e. The molecule has 3 nitrogen and oxygen atoms in total. The van der Waals surface area contributed by atoms with Crippen molar-refractivity contribution in [1.82, 2.24) is 5.32 Å². The summed E-state index contributed by atoms with van der Waals surface area (Å²) >= 11 is 11.8. The monoisotopic (exact) mass is 260 g/mol. The lowest BCUT2D eigenvalue weighted by Gasteiger charge is -2.24. The number of rotatable bonds is 3. The molecule has 5 heteroatoms. The third-order valence-corrected chi connectivity index (χ3v) is 2.84. The van der Waals surface area contributed by atoms with Crippen molar-refractivity contribution in [3.63, 3.8) is 0 Å². The van der Waals surface area contributed by atoms with Crippen molar-refractivity contribution in [3.05, 3.63) is 28.2 Å². The van der Waals surface area contributed by atoms with Crippen molar-refractivity contribution in [3.8, 4) is 0 Å². The quantitative estimate of drug-likeness (QED) is 0.876. The van der Waals surface area contributed by atoms with Crippen LogP contribution in [0.3, 0.4) is 0 Å². The van der Waals surface area contributed by atoms with Gasteiger partial charge in [-0.15, -0.1) is 0 Å². The molecule has 1 atom stereocenters. The van der Waals surface area contributed by atoms with Gasteiger partial charge in [-0.05, 0) is 18.2 Å². The molecule has 1 aliphatic heterocycles. The highest BCUT2D eigenvalue weighted by Gasteiger charge is 2.12. The number of halogens is 2. The van der Waals surface area contributed by atoms with Gasteiger partial charge in [-0.25, -0.2) is 0 Å². The predicted molar refractivity (Wildman–Crippen MR) is 67.6 cm³/mol. The van der Waals surface area contributed by atoms with Gasteiger partial charge < -0.3 is 15.4 Å². The lowest BCUT2D eigenvalue weighted by molar-refractivity contribution is 0.0372. The fourth-order valence-electron chi connectivity index (χ4n) is 1.64. The molecule has 1 aromatic carbocycles. The first-order chi connectivity index (χ1) is 7.74. The normalized spacial score (nSPS) is 20.8. The van der Waals surface area contributed by atoms with Crippen molar-refractivity contribution >= 4 is 28.9 Å². The molecule has 0 saturated carbocycles. The minimum absolute atomic E-state index is 0.200. The molecule has 0 radical (unpaired) electrons. The van der Waals surface area contributed by atoms with E-state index >= 15 is 0 Å². The first kappa shape index (κ1) is 12.0. The van der Waals surface area contributed by atoms with Crippen LogP contribution in [0.5, 0.6) is 0 Å². The smallest absolute Gasteiger partial charge is 0.0872 e. The average molecular weight is 261 g/mol. The molecule has 0 spiro atoms. The highest BCUT2D eigenvalue weighted by atomic mass is 35.5. The molecule has 0 bridgehead atoms. The molecule has 2 N–H and O–H groups in total. The Labute approximate surface area is 105 Å². The highest BCUT2D eigenvalue weighted by molar-refractivity contribution is 6.35. The Kier molecular flexibility index (Phi) is 4.29. The Morgan fingerprint density at radius 3 is 2.69 bits per heavy atom. The van der Waals surface area contributed by atoms with E-state index in [0.29, 0.717) is 10.0 Å². The summed E-state index contributed by atoms with van der Waals surface area (Å²) in [6.07, 6.45) is 0.200. The van der Waals surface area contributed by atoms with E-state index in [4.69, 9.17) is 27.9 Å².